The number of hydrogen-bond donors (Lipinski definition) is 2. The molecule has 4 heteroatoms. The van der Waals surface area contributed by atoms with E-state index < -0.39 is 0 Å². The quantitative estimate of drug-likeness (QED) is 0.556. The van der Waals surface area contributed by atoms with Crippen LogP contribution in [0.3, 0.4) is 0 Å². The van der Waals surface area contributed by atoms with Gasteiger partial charge in [0.1, 0.15) is 0 Å². The van der Waals surface area contributed by atoms with Crippen molar-refractivity contribution in [2.24, 2.45) is 0 Å². The summed E-state index contributed by atoms with van der Waals surface area (Å²) in [6.45, 7) is 9.10. The van der Waals surface area contributed by atoms with Crippen LogP contribution in [0.25, 0.3) is 0 Å². The molecule has 1 amide bonds. The van der Waals surface area contributed by atoms with Gasteiger partial charge in [0.05, 0.1) is 6.61 Å². The summed E-state index contributed by atoms with van der Waals surface area (Å²) in [6.07, 6.45) is 2.76. The molecule has 96 valence electrons. The van der Waals surface area contributed by atoms with Crippen LogP contribution in [0, 0.1) is 0 Å². The fourth-order valence-electron chi connectivity index (χ4n) is 1.38. The zero-order valence-electron chi connectivity index (χ0n) is 10.8. The molecule has 0 rings (SSSR count). The van der Waals surface area contributed by atoms with Crippen molar-refractivity contribution < 1.29 is 9.53 Å². The molecule has 0 heterocycles. The number of carbonyl (C=O) groups is 1. The minimum atomic E-state index is 0.0903. The summed E-state index contributed by atoms with van der Waals surface area (Å²) in [4.78, 5) is 11.4. The molecular formula is C12H26N2O2. The zero-order valence-corrected chi connectivity index (χ0v) is 10.8. The number of ether oxygens (including phenoxy) is 1. The average molecular weight is 230 g/mol. The lowest BCUT2D eigenvalue weighted by Crippen LogP contribution is -2.35. The second-order valence-electron chi connectivity index (χ2n) is 3.98. The second-order valence-corrected chi connectivity index (χ2v) is 3.98. The Morgan fingerprint density at radius 2 is 2.06 bits per heavy atom. The Morgan fingerprint density at radius 1 is 1.31 bits per heavy atom. The average Bonchev–Trinajstić information content (AvgIpc) is 2.23. The van der Waals surface area contributed by atoms with Gasteiger partial charge >= 0.3 is 0 Å². The molecule has 0 saturated carbocycles. The Balaban J connectivity index is 3.30. The SMILES string of the molecule is CCCCOCCNC(=O)CC(C)NCC. The first kappa shape index (κ1) is 15.4. The number of carbonyl (C=O) groups excluding carboxylic acids is 1. The van der Waals surface area contributed by atoms with E-state index in [1.165, 1.54) is 0 Å². The van der Waals surface area contributed by atoms with Gasteiger partial charge in [0.25, 0.3) is 0 Å². The number of hydrogen-bond acceptors (Lipinski definition) is 3. The van der Waals surface area contributed by atoms with Crippen LogP contribution in [0.4, 0.5) is 0 Å². The van der Waals surface area contributed by atoms with Gasteiger partial charge in [-0.3, -0.25) is 4.79 Å². The molecule has 0 aliphatic carbocycles. The fourth-order valence-corrected chi connectivity index (χ4v) is 1.38. The van der Waals surface area contributed by atoms with E-state index >= 15 is 0 Å². The van der Waals surface area contributed by atoms with E-state index in [-0.39, 0.29) is 11.9 Å². The Hall–Kier alpha value is -0.610. The lowest BCUT2D eigenvalue weighted by Gasteiger charge is -2.12. The smallest absolute Gasteiger partial charge is 0.221 e. The van der Waals surface area contributed by atoms with Gasteiger partial charge in [-0.05, 0) is 19.9 Å². The van der Waals surface area contributed by atoms with Gasteiger partial charge in [0.15, 0.2) is 0 Å². The Labute approximate surface area is 99.1 Å². The van der Waals surface area contributed by atoms with Crippen LogP contribution in [0.2, 0.25) is 0 Å². The number of rotatable bonds is 10. The van der Waals surface area contributed by atoms with E-state index in [2.05, 4.69) is 17.6 Å². The van der Waals surface area contributed by atoms with Crippen molar-refractivity contribution in [1.82, 2.24) is 10.6 Å². The molecule has 2 N–H and O–H groups in total. The van der Waals surface area contributed by atoms with Gasteiger partial charge in [-0.1, -0.05) is 20.3 Å². The molecule has 0 saturated heterocycles. The summed E-state index contributed by atoms with van der Waals surface area (Å²) < 4.78 is 5.35. The van der Waals surface area contributed by atoms with Crippen LogP contribution in [0.5, 0.6) is 0 Å². The Bertz CT molecular complexity index is 174. The van der Waals surface area contributed by atoms with Crippen molar-refractivity contribution in [3.05, 3.63) is 0 Å². The van der Waals surface area contributed by atoms with Crippen LogP contribution in [-0.2, 0) is 9.53 Å². The molecule has 0 aromatic rings. The molecule has 0 radical (unpaired) electrons. The van der Waals surface area contributed by atoms with Crippen molar-refractivity contribution in [3.8, 4) is 0 Å². The molecule has 0 bridgehead atoms. The summed E-state index contributed by atoms with van der Waals surface area (Å²) in [7, 11) is 0. The topological polar surface area (TPSA) is 50.4 Å². The van der Waals surface area contributed by atoms with E-state index in [0.717, 1.165) is 26.0 Å². The molecule has 4 nitrogen and oxygen atoms in total. The van der Waals surface area contributed by atoms with Gasteiger partial charge in [-0.2, -0.15) is 0 Å². The highest BCUT2D eigenvalue weighted by molar-refractivity contribution is 5.76. The first-order chi connectivity index (χ1) is 7.70. The van der Waals surface area contributed by atoms with E-state index in [4.69, 9.17) is 4.74 Å². The maximum Gasteiger partial charge on any atom is 0.221 e. The summed E-state index contributed by atoms with van der Waals surface area (Å²) in [6, 6.07) is 0.242. The molecule has 1 atom stereocenters. The monoisotopic (exact) mass is 230 g/mol. The number of nitrogens with one attached hydrogen (secondary N) is 2. The van der Waals surface area contributed by atoms with Crippen molar-refractivity contribution in [1.29, 1.82) is 0 Å². The van der Waals surface area contributed by atoms with Crippen LogP contribution < -0.4 is 10.6 Å². The minimum absolute atomic E-state index is 0.0903. The van der Waals surface area contributed by atoms with Crippen molar-refractivity contribution in [3.63, 3.8) is 0 Å². The van der Waals surface area contributed by atoms with Gasteiger partial charge in [-0.15, -0.1) is 0 Å². The largest absolute Gasteiger partial charge is 0.380 e. The van der Waals surface area contributed by atoms with E-state index in [0.29, 0.717) is 19.6 Å². The molecule has 0 fully saturated rings. The third kappa shape index (κ3) is 9.93. The molecule has 1 unspecified atom stereocenters. The van der Waals surface area contributed by atoms with Crippen molar-refractivity contribution in [2.45, 2.75) is 46.1 Å². The number of amides is 1. The van der Waals surface area contributed by atoms with Crippen LogP contribution >= 0.6 is 0 Å². The third-order valence-corrected chi connectivity index (χ3v) is 2.25. The lowest BCUT2D eigenvalue weighted by molar-refractivity contribution is -0.121. The second kappa shape index (κ2) is 10.9. The maximum absolute atomic E-state index is 11.4. The van der Waals surface area contributed by atoms with Gasteiger partial charge in [0, 0.05) is 25.6 Å². The predicted molar refractivity (Wildman–Crippen MR) is 66.5 cm³/mol. The van der Waals surface area contributed by atoms with Gasteiger partial charge < -0.3 is 15.4 Å². The highest BCUT2D eigenvalue weighted by Crippen LogP contribution is 1.90. The zero-order chi connectivity index (χ0) is 12.2. The first-order valence-electron chi connectivity index (χ1n) is 6.28. The van der Waals surface area contributed by atoms with Crippen LogP contribution in [-0.4, -0.2) is 38.3 Å². The number of unbranched alkanes of at least 4 members (excludes halogenated alkanes) is 1. The van der Waals surface area contributed by atoms with E-state index in [1.807, 2.05) is 13.8 Å². The fraction of sp³-hybridized carbons (Fsp3) is 0.917. The van der Waals surface area contributed by atoms with Gasteiger partial charge in [0.2, 0.25) is 5.91 Å². The standard InChI is InChI=1S/C12H26N2O2/c1-4-6-8-16-9-7-14-12(15)10-11(3)13-5-2/h11,13H,4-10H2,1-3H3,(H,14,15). The normalized spacial score (nSPS) is 12.4. The molecule has 0 aromatic carbocycles. The molecule has 0 spiro atoms. The lowest BCUT2D eigenvalue weighted by atomic mass is 10.2. The maximum atomic E-state index is 11.4. The van der Waals surface area contributed by atoms with Crippen molar-refractivity contribution in [2.75, 3.05) is 26.3 Å². The van der Waals surface area contributed by atoms with Gasteiger partial charge in [-0.25, -0.2) is 0 Å². The highest BCUT2D eigenvalue weighted by Gasteiger charge is 2.06. The molecule has 16 heavy (non-hydrogen) atoms. The predicted octanol–water partition coefficient (Wildman–Crippen LogP) is 1.31. The van der Waals surface area contributed by atoms with E-state index in [9.17, 15) is 4.79 Å². The molecule has 0 aliphatic heterocycles. The summed E-state index contributed by atoms with van der Waals surface area (Å²) in [5, 5.41) is 6.05. The van der Waals surface area contributed by atoms with Crippen LogP contribution in [0.15, 0.2) is 0 Å². The molecular weight excluding hydrogens is 204 g/mol. The summed E-state index contributed by atoms with van der Waals surface area (Å²) >= 11 is 0. The Morgan fingerprint density at radius 3 is 2.69 bits per heavy atom. The molecule has 0 aromatic heterocycles. The summed E-state index contributed by atoms with van der Waals surface area (Å²) in [5.74, 6) is 0.0903. The Kier molecular flexibility index (Phi) is 10.5. The first-order valence-corrected chi connectivity index (χ1v) is 6.28. The van der Waals surface area contributed by atoms with Crippen molar-refractivity contribution >= 4 is 5.91 Å². The van der Waals surface area contributed by atoms with E-state index in [1.54, 1.807) is 0 Å². The van der Waals surface area contributed by atoms with Crippen LogP contribution in [0.1, 0.15) is 40.0 Å². The third-order valence-electron chi connectivity index (χ3n) is 2.25. The minimum Gasteiger partial charge on any atom is -0.380 e. The summed E-state index contributed by atoms with van der Waals surface area (Å²) in [5.41, 5.74) is 0. The molecule has 0 aliphatic rings. The highest BCUT2D eigenvalue weighted by atomic mass is 16.5.